The summed E-state index contributed by atoms with van der Waals surface area (Å²) >= 11 is 0. The number of ether oxygens (including phenoxy) is 2. The van der Waals surface area contributed by atoms with E-state index in [1.807, 2.05) is 18.2 Å². The monoisotopic (exact) mass is 765 g/mol. The van der Waals surface area contributed by atoms with Gasteiger partial charge in [-0.3, -0.25) is 23.4 Å². The number of hydrogen-bond acceptors (Lipinski definition) is 9. The third-order valence-electron chi connectivity index (χ3n) is 7.73. The van der Waals surface area contributed by atoms with Crippen LogP contribution >= 0.6 is 7.82 Å². The third-order valence-corrected chi connectivity index (χ3v) is 8.68. The highest BCUT2D eigenvalue weighted by atomic mass is 31.2. The first-order valence-corrected chi connectivity index (χ1v) is 21.0. The number of nitrogens with two attached hydrogens (primary N) is 1. The number of carbonyl (C=O) groups excluding carboxylic acids is 2. The second kappa shape index (κ2) is 35.9. The minimum absolute atomic E-state index is 0.0337. The molecule has 3 atom stereocenters. The van der Waals surface area contributed by atoms with Crippen molar-refractivity contribution in [2.24, 2.45) is 5.73 Å². The molecule has 0 aromatic rings. The minimum atomic E-state index is -4.73. The molecule has 1 unspecified atom stereocenters. The van der Waals surface area contributed by atoms with E-state index in [-0.39, 0.29) is 19.4 Å². The Morgan fingerprint density at radius 2 is 1.06 bits per heavy atom. The van der Waals surface area contributed by atoms with E-state index in [0.717, 1.165) is 51.4 Å². The lowest BCUT2D eigenvalue weighted by atomic mass is 10.1. The molecular formula is C41H68NO10P. The number of rotatable bonds is 35. The summed E-state index contributed by atoms with van der Waals surface area (Å²) in [6.45, 7) is 2.56. The van der Waals surface area contributed by atoms with Gasteiger partial charge in [-0.15, -0.1) is 0 Å². The van der Waals surface area contributed by atoms with E-state index in [2.05, 4.69) is 73.1 Å². The highest BCUT2D eigenvalue weighted by Gasteiger charge is 2.28. The van der Waals surface area contributed by atoms with E-state index in [0.29, 0.717) is 19.3 Å². The zero-order valence-corrected chi connectivity index (χ0v) is 33.2. The number of phosphoric ester groups is 1. The van der Waals surface area contributed by atoms with Crippen molar-refractivity contribution in [2.75, 3.05) is 19.8 Å². The van der Waals surface area contributed by atoms with Crippen LogP contribution < -0.4 is 5.73 Å². The first kappa shape index (κ1) is 49.9. The van der Waals surface area contributed by atoms with Gasteiger partial charge in [0.2, 0.25) is 0 Å². The van der Waals surface area contributed by atoms with Crippen LogP contribution in [-0.2, 0) is 37.5 Å². The fourth-order valence-corrected chi connectivity index (χ4v) is 5.46. The molecule has 11 nitrogen and oxygen atoms in total. The molecule has 0 aromatic heterocycles. The lowest BCUT2D eigenvalue weighted by Gasteiger charge is -2.20. The van der Waals surface area contributed by atoms with Crippen LogP contribution in [0.2, 0.25) is 0 Å². The summed E-state index contributed by atoms with van der Waals surface area (Å²) in [5, 5.41) is 8.86. The third kappa shape index (κ3) is 35.7. The predicted octanol–water partition coefficient (Wildman–Crippen LogP) is 9.78. The Kier molecular flexibility index (Phi) is 33.8. The van der Waals surface area contributed by atoms with Crippen LogP contribution in [0.4, 0.5) is 0 Å². The topological polar surface area (TPSA) is 172 Å². The number of allylic oxidation sites excluding steroid dienone is 12. The molecule has 12 heteroatoms. The SMILES string of the molecule is CC/C=C/C/C=C/C/C=C/C/C=C/C/C=C/C/C=C/CCC(=O)O[C@@H](COC(=O)CCCCCCCCCCCC)COP(=O)(O)OC[C@H](N)C(=O)O. The maximum atomic E-state index is 12.5. The Morgan fingerprint density at radius 1 is 0.604 bits per heavy atom. The van der Waals surface area contributed by atoms with Gasteiger partial charge < -0.3 is 25.2 Å². The van der Waals surface area contributed by atoms with Crippen LogP contribution in [0.1, 0.15) is 136 Å². The average Bonchev–Trinajstić information content (AvgIpc) is 3.13. The minimum Gasteiger partial charge on any atom is -0.480 e. The summed E-state index contributed by atoms with van der Waals surface area (Å²) in [5.74, 6) is -2.50. The summed E-state index contributed by atoms with van der Waals surface area (Å²) in [4.78, 5) is 45.7. The summed E-state index contributed by atoms with van der Waals surface area (Å²) < 4.78 is 32.4. The highest BCUT2D eigenvalue weighted by Crippen LogP contribution is 2.43. The molecule has 0 amide bonds. The quantitative estimate of drug-likeness (QED) is 0.0243. The predicted molar refractivity (Wildman–Crippen MR) is 212 cm³/mol. The van der Waals surface area contributed by atoms with Crippen LogP contribution in [0.5, 0.6) is 0 Å². The molecule has 0 aliphatic heterocycles. The molecule has 0 spiro atoms. The molecule has 4 N–H and O–H groups in total. The van der Waals surface area contributed by atoms with Gasteiger partial charge in [-0.25, -0.2) is 4.57 Å². The first-order chi connectivity index (χ1) is 25.6. The zero-order chi connectivity index (χ0) is 39.3. The number of carboxylic acid groups (broad SMARTS) is 1. The van der Waals surface area contributed by atoms with E-state index >= 15 is 0 Å². The van der Waals surface area contributed by atoms with E-state index in [1.165, 1.54) is 38.5 Å². The van der Waals surface area contributed by atoms with Gasteiger partial charge in [0, 0.05) is 12.8 Å². The Morgan fingerprint density at radius 3 is 1.55 bits per heavy atom. The van der Waals surface area contributed by atoms with E-state index < -0.39 is 51.1 Å². The Labute approximate surface area is 319 Å². The van der Waals surface area contributed by atoms with Gasteiger partial charge in [0.25, 0.3) is 0 Å². The van der Waals surface area contributed by atoms with Crippen LogP contribution in [0.3, 0.4) is 0 Å². The van der Waals surface area contributed by atoms with E-state index in [4.69, 9.17) is 24.8 Å². The number of unbranched alkanes of at least 4 members (excludes halogenated alkanes) is 9. The maximum absolute atomic E-state index is 12.5. The number of phosphoric acid groups is 1. The molecule has 0 saturated carbocycles. The van der Waals surface area contributed by atoms with Crippen LogP contribution in [0.15, 0.2) is 72.9 Å². The van der Waals surface area contributed by atoms with Crippen molar-refractivity contribution in [3.63, 3.8) is 0 Å². The fraction of sp³-hybridized carbons (Fsp3) is 0.634. The van der Waals surface area contributed by atoms with Crippen LogP contribution in [-0.4, -0.2) is 59.9 Å². The molecule has 0 rings (SSSR count). The second-order valence-electron chi connectivity index (χ2n) is 12.7. The summed E-state index contributed by atoms with van der Waals surface area (Å²) in [5.41, 5.74) is 5.31. The number of hydrogen-bond donors (Lipinski definition) is 3. The van der Waals surface area contributed by atoms with Crippen LogP contribution in [0.25, 0.3) is 0 Å². The van der Waals surface area contributed by atoms with Gasteiger partial charge in [-0.1, -0.05) is 145 Å². The molecule has 302 valence electrons. The Bertz CT molecular complexity index is 1180. The summed E-state index contributed by atoms with van der Waals surface area (Å²) in [7, 11) is -4.73. The number of carbonyl (C=O) groups is 3. The van der Waals surface area contributed by atoms with Crippen molar-refractivity contribution in [2.45, 2.75) is 148 Å². The summed E-state index contributed by atoms with van der Waals surface area (Å²) in [6.07, 6.45) is 41.4. The van der Waals surface area contributed by atoms with Gasteiger partial charge in [-0.05, 0) is 51.4 Å². The van der Waals surface area contributed by atoms with Gasteiger partial charge in [0.15, 0.2) is 6.10 Å². The fourth-order valence-electron chi connectivity index (χ4n) is 4.68. The highest BCUT2D eigenvalue weighted by molar-refractivity contribution is 7.47. The molecular weight excluding hydrogens is 697 g/mol. The lowest BCUT2D eigenvalue weighted by Crippen LogP contribution is -2.34. The largest absolute Gasteiger partial charge is 0.480 e. The molecule has 0 heterocycles. The smallest absolute Gasteiger partial charge is 0.472 e. The average molecular weight is 766 g/mol. The molecule has 0 radical (unpaired) electrons. The zero-order valence-electron chi connectivity index (χ0n) is 32.3. The van der Waals surface area contributed by atoms with Gasteiger partial charge in [0.05, 0.1) is 13.2 Å². The first-order valence-electron chi connectivity index (χ1n) is 19.5. The lowest BCUT2D eigenvalue weighted by molar-refractivity contribution is -0.161. The van der Waals surface area contributed by atoms with Gasteiger partial charge in [0.1, 0.15) is 12.6 Å². The van der Waals surface area contributed by atoms with Gasteiger partial charge in [-0.2, -0.15) is 0 Å². The number of carboxylic acids is 1. The molecule has 0 saturated heterocycles. The normalized spacial score (nSPS) is 14.6. The van der Waals surface area contributed by atoms with Gasteiger partial charge >= 0.3 is 25.7 Å². The van der Waals surface area contributed by atoms with E-state index in [9.17, 15) is 23.8 Å². The summed E-state index contributed by atoms with van der Waals surface area (Å²) in [6, 6.07) is -1.53. The van der Waals surface area contributed by atoms with Crippen molar-refractivity contribution in [1.29, 1.82) is 0 Å². The molecule has 0 aromatic carbocycles. The molecule has 0 aliphatic rings. The maximum Gasteiger partial charge on any atom is 0.472 e. The molecule has 0 fully saturated rings. The molecule has 0 aliphatic carbocycles. The van der Waals surface area contributed by atoms with E-state index in [1.54, 1.807) is 0 Å². The van der Waals surface area contributed by atoms with Crippen LogP contribution in [0, 0.1) is 0 Å². The Balaban J connectivity index is 4.56. The van der Waals surface area contributed by atoms with Crippen molar-refractivity contribution < 1.29 is 47.5 Å². The number of esters is 2. The molecule has 53 heavy (non-hydrogen) atoms. The standard InChI is InChI=1S/C41H68NO10P/c1-3-5-7-9-11-13-15-16-17-18-19-20-21-22-23-25-27-29-31-33-40(44)52-37(35-50-53(47,48)51-36-38(42)41(45)46)34-49-39(43)32-30-28-26-24-14-12-10-8-6-4-2/h5,7,11,13,16-17,19-20,22-23,27,29,37-38H,3-4,6,8-10,12,14-15,18,21,24-26,28,30-36,42H2,1-2H3,(H,45,46)(H,47,48)/b7-5+,13-11+,17-16+,20-19+,23-22+,29-27+/t37-,38-/m0/s1. The molecule has 0 bridgehead atoms. The number of aliphatic carboxylic acids is 1. The van der Waals surface area contributed by atoms with Crippen molar-refractivity contribution >= 4 is 25.7 Å². The van der Waals surface area contributed by atoms with Crippen molar-refractivity contribution in [1.82, 2.24) is 0 Å². The Hall–Kier alpha value is -3.08. The van der Waals surface area contributed by atoms with Crippen molar-refractivity contribution in [3.05, 3.63) is 72.9 Å². The van der Waals surface area contributed by atoms with Crippen molar-refractivity contribution in [3.8, 4) is 0 Å². The second-order valence-corrected chi connectivity index (χ2v) is 14.1.